The van der Waals surface area contributed by atoms with E-state index in [1.807, 2.05) is 0 Å². The summed E-state index contributed by atoms with van der Waals surface area (Å²) in [7, 11) is 4.33. The number of carbonyl (C=O) groups is 3. The molecule has 2 aliphatic carbocycles. The van der Waals surface area contributed by atoms with Gasteiger partial charge in [0.25, 0.3) is 0 Å². The fourth-order valence-corrected chi connectivity index (χ4v) is 7.02. The summed E-state index contributed by atoms with van der Waals surface area (Å²) in [5.74, 6) is 0.411. The van der Waals surface area contributed by atoms with E-state index in [4.69, 9.17) is 4.74 Å². The molecule has 2 aliphatic heterocycles. The summed E-state index contributed by atoms with van der Waals surface area (Å²) in [6, 6.07) is 10.7. The molecular weight excluding hydrogens is 494 g/mol. The number of rotatable bonds is 9. The molecule has 5 rings (SSSR count). The molecule has 2 saturated heterocycles. The van der Waals surface area contributed by atoms with E-state index in [0.717, 1.165) is 32.2 Å². The molecule has 0 radical (unpaired) electrons. The number of carbonyl (C=O) groups excluding carboxylic acids is 3. The lowest BCUT2D eigenvalue weighted by atomic mass is 9.68. The molecule has 9 nitrogen and oxygen atoms in total. The predicted molar refractivity (Wildman–Crippen MR) is 149 cm³/mol. The van der Waals surface area contributed by atoms with E-state index >= 15 is 0 Å². The zero-order chi connectivity index (χ0) is 27.5. The maximum Gasteiger partial charge on any atom is 0.321 e. The van der Waals surface area contributed by atoms with Crippen LogP contribution in [0.25, 0.3) is 0 Å². The minimum atomic E-state index is -0.229. The van der Waals surface area contributed by atoms with E-state index in [1.54, 1.807) is 9.80 Å². The first kappa shape index (κ1) is 27.9. The Morgan fingerprint density at radius 1 is 1.05 bits per heavy atom. The van der Waals surface area contributed by atoms with Crippen LogP contribution in [0.1, 0.15) is 56.9 Å². The summed E-state index contributed by atoms with van der Waals surface area (Å²) in [5.41, 5.74) is 1.06. The zero-order valence-electron chi connectivity index (χ0n) is 23.7. The number of nitrogens with one attached hydrogen (secondary N) is 1. The lowest BCUT2D eigenvalue weighted by Gasteiger charge is -2.51. The van der Waals surface area contributed by atoms with Gasteiger partial charge in [-0.05, 0) is 64.1 Å². The average molecular weight is 540 g/mol. The van der Waals surface area contributed by atoms with E-state index in [1.165, 1.54) is 24.8 Å². The highest BCUT2D eigenvalue weighted by molar-refractivity contribution is 5.86. The van der Waals surface area contributed by atoms with Gasteiger partial charge in [-0.3, -0.25) is 14.5 Å². The molecule has 39 heavy (non-hydrogen) atoms. The molecule has 1 N–H and O–H groups in total. The van der Waals surface area contributed by atoms with E-state index in [-0.39, 0.29) is 48.4 Å². The van der Waals surface area contributed by atoms with Crippen LogP contribution in [0, 0.1) is 5.92 Å². The highest BCUT2D eigenvalue weighted by Gasteiger charge is 2.55. The van der Waals surface area contributed by atoms with Crippen molar-refractivity contribution in [3.63, 3.8) is 0 Å². The van der Waals surface area contributed by atoms with Crippen molar-refractivity contribution in [1.82, 2.24) is 24.9 Å². The van der Waals surface area contributed by atoms with Crippen molar-refractivity contribution in [2.75, 3.05) is 66.6 Å². The monoisotopic (exact) mass is 539 g/mol. The van der Waals surface area contributed by atoms with Crippen LogP contribution in [-0.4, -0.2) is 110 Å². The second-order valence-corrected chi connectivity index (χ2v) is 12.2. The quantitative estimate of drug-likeness (QED) is 0.522. The number of nitrogens with zero attached hydrogens (tertiary/aromatic N) is 4. The third-order valence-electron chi connectivity index (χ3n) is 9.76. The van der Waals surface area contributed by atoms with Crippen LogP contribution in [0.5, 0.6) is 0 Å². The smallest absolute Gasteiger partial charge is 0.321 e. The Kier molecular flexibility index (Phi) is 8.47. The molecule has 0 bridgehead atoms. The molecule has 214 valence electrons. The average Bonchev–Trinajstić information content (AvgIpc) is 3.17. The summed E-state index contributed by atoms with van der Waals surface area (Å²) in [5, 5.41) is 2.88. The predicted octanol–water partition coefficient (Wildman–Crippen LogP) is 2.66. The Balaban J connectivity index is 1.22. The second-order valence-electron chi connectivity index (χ2n) is 12.2. The fourth-order valence-electron chi connectivity index (χ4n) is 7.02. The van der Waals surface area contributed by atoms with Crippen LogP contribution in [-0.2, 0) is 19.9 Å². The van der Waals surface area contributed by atoms with Gasteiger partial charge in [0.2, 0.25) is 11.8 Å². The van der Waals surface area contributed by atoms with Crippen molar-refractivity contribution >= 4 is 17.8 Å². The van der Waals surface area contributed by atoms with Crippen molar-refractivity contribution in [1.29, 1.82) is 0 Å². The van der Waals surface area contributed by atoms with E-state index in [0.29, 0.717) is 38.8 Å². The van der Waals surface area contributed by atoms with Crippen molar-refractivity contribution in [2.24, 2.45) is 5.92 Å². The van der Waals surface area contributed by atoms with Crippen LogP contribution < -0.4 is 5.32 Å². The number of amides is 4. The van der Waals surface area contributed by atoms with Gasteiger partial charge in [-0.2, -0.15) is 0 Å². The summed E-state index contributed by atoms with van der Waals surface area (Å²) in [4.78, 5) is 47.0. The second kappa shape index (κ2) is 11.8. The normalized spacial score (nSPS) is 27.8. The minimum Gasteiger partial charge on any atom is -0.378 e. The molecule has 0 aromatic heterocycles. The van der Waals surface area contributed by atoms with Gasteiger partial charge in [0.05, 0.1) is 18.8 Å². The number of urea groups is 1. The molecule has 1 aromatic rings. The van der Waals surface area contributed by atoms with Gasteiger partial charge in [-0.1, -0.05) is 36.8 Å². The Bertz CT molecular complexity index is 1010. The van der Waals surface area contributed by atoms with Crippen molar-refractivity contribution in [3.05, 3.63) is 35.9 Å². The summed E-state index contributed by atoms with van der Waals surface area (Å²) >= 11 is 0. The maximum absolute atomic E-state index is 13.7. The van der Waals surface area contributed by atoms with Gasteiger partial charge < -0.3 is 24.8 Å². The van der Waals surface area contributed by atoms with Crippen molar-refractivity contribution < 1.29 is 19.1 Å². The molecule has 4 amide bonds. The number of hydrogen-bond donors (Lipinski definition) is 1. The van der Waals surface area contributed by atoms with E-state index < -0.39 is 0 Å². The fraction of sp³-hybridized carbons (Fsp3) is 0.700. The Labute approximate surface area is 232 Å². The van der Waals surface area contributed by atoms with Crippen LogP contribution >= 0.6 is 0 Å². The van der Waals surface area contributed by atoms with Crippen LogP contribution in [0.15, 0.2) is 30.3 Å². The first-order valence-electron chi connectivity index (χ1n) is 14.7. The van der Waals surface area contributed by atoms with Gasteiger partial charge in [-0.25, -0.2) is 4.79 Å². The van der Waals surface area contributed by atoms with Crippen molar-refractivity contribution in [3.8, 4) is 0 Å². The van der Waals surface area contributed by atoms with E-state index in [9.17, 15) is 14.4 Å². The first-order valence-corrected chi connectivity index (χ1v) is 14.7. The molecule has 2 heterocycles. The molecule has 4 aliphatic rings. The molecule has 2 saturated carbocycles. The summed E-state index contributed by atoms with van der Waals surface area (Å²) in [6.45, 7) is 4.06. The zero-order valence-corrected chi connectivity index (χ0v) is 23.7. The Morgan fingerprint density at radius 2 is 1.74 bits per heavy atom. The number of morpholine rings is 1. The van der Waals surface area contributed by atoms with Crippen LogP contribution in [0.4, 0.5) is 4.79 Å². The van der Waals surface area contributed by atoms with Gasteiger partial charge in [0.15, 0.2) is 0 Å². The molecule has 9 heteroatoms. The third kappa shape index (κ3) is 5.80. The third-order valence-corrected chi connectivity index (χ3v) is 9.76. The van der Waals surface area contributed by atoms with Gasteiger partial charge in [0, 0.05) is 44.7 Å². The number of hydrogen-bond acceptors (Lipinski definition) is 5. The molecule has 0 atom stereocenters. The van der Waals surface area contributed by atoms with E-state index in [2.05, 4.69) is 59.5 Å². The van der Waals surface area contributed by atoms with Crippen molar-refractivity contribution in [2.45, 2.75) is 62.4 Å². The number of ether oxygens (including phenoxy) is 1. The van der Waals surface area contributed by atoms with Gasteiger partial charge in [0.1, 0.15) is 6.54 Å². The SMILES string of the molecule is CN(C)[C@]1(c2ccccc2)CC[C@]2(CC1)CN(CC(=O)NCCC(=O)N1CCOCC1)C(=O)N2CC1CCC1. The topological polar surface area (TPSA) is 85.4 Å². The summed E-state index contributed by atoms with van der Waals surface area (Å²) < 4.78 is 5.31. The first-order chi connectivity index (χ1) is 18.8. The highest BCUT2D eigenvalue weighted by atomic mass is 16.5. The summed E-state index contributed by atoms with van der Waals surface area (Å²) in [6.07, 6.45) is 7.67. The molecular formula is C30H45N5O4. The lowest BCUT2D eigenvalue weighted by Crippen LogP contribution is -2.56. The largest absolute Gasteiger partial charge is 0.378 e. The highest BCUT2D eigenvalue weighted by Crippen LogP contribution is 2.49. The maximum atomic E-state index is 13.7. The molecule has 1 aromatic carbocycles. The lowest BCUT2D eigenvalue weighted by molar-refractivity contribution is -0.135. The van der Waals surface area contributed by atoms with Crippen LogP contribution in [0.2, 0.25) is 0 Å². The number of benzene rings is 1. The molecule has 4 fully saturated rings. The Hall–Kier alpha value is -2.65. The standard InChI is InChI=1S/C30H45N5O4/c1-32(2)30(25-9-4-3-5-10-25)14-12-29(13-15-30)23-34(28(38)35(29)21-24-7-6-8-24)22-26(36)31-16-11-27(37)33-17-19-39-20-18-33/h3-5,9-10,24H,6-8,11-23H2,1-2H3,(H,31,36)/t29-,30+. The van der Waals surface area contributed by atoms with Crippen LogP contribution in [0.3, 0.4) is 0 Å². The van der Waals surface area contributed by atoms with Gasteiger partial charge in [-0.15, -0.1) is 0 Å². The Morgan fingerprint density at radius 3 is 2.36 bits per heavy atom. The minimum absolute atomic E-state index is 0.00138. The molecule has 1 spiro atoms. The van der Waals surface area contributed by atoms with Gasteiger partial charge >= 0.3 is 6.03 Å². The molecule has 0 unspecified atom stereocenters.